The lowest BCUT2D eigenvalue weighted by molar-refractivity contribution is -0.384. The number of likely N-dealkylation sites (tertiary alicyclic amines) is 1. The van der Waals surface area contributed by atoms with Crippen molar-refractivity contribution in [3.63, 3.8) is 0 Å². The summed E-state index contributed by atoms with van der Waals surface area (Å²) >= 11 is 0. The molecule has 0 saturated carbocycles. The molecule has 13 nitrogen and oxygen atoms in total. The van der Waals surface area contributed by atoms with Crippen molar-refractivity contribution in [3.05, 3.63) is 94.8 Å². The van der Waals surface area contributed by atoms with Gasteiger partial charge in [-0.2, -0.15) is 0 Å². The van der Waals surface area contributed by atoms with E-state index in [-0.39, 0.29) is 11.6 Å². The first-order chi connectivity index (χ1) is 20.7. The Balaban J connectivity index is 0.000000641. The van der Waals surface area contributed by atoms with Gasteiger partial charge in [-0.1, -0.05) is 30.3 Å². The van der Waals surface area contributed by atoms with Gasteiger partial charge in [0.15, 0.2) is 0 Å². The summed E-state index contributed by atoms with van der Waals surface area (Å²) in [7, 11) is 0. The van der Waals surface area contributed by atoms with Crippen LogP contribution in [-0.4, -0.2) is 67.1 Å². The van der Waals surface area contributed by atoms with Crippen LogP contribution < -0.4 is 10.1 Å². The normalized spacial score (nSPS) is 13.5. The topological polar surface area (TPSA) is 177 Å². The molecule has 0 radical (unpaired) electrons. The van der Waals surface area contributed by atoms with Crippen LogP contribution in [0, 0.1) is 16.0 Å². The van der Waals surface area contributed by atoms with Crippen molar-refractivity contribution in [1.82, 2.24) is 14.5 Å². The summed E-state index contributed by atoms with van der Waals surface area (Å²) in [6.45, 7) is 3.23. The lowest BCUT2D eigenvalue weighted by Crippen LogP contribution is -2.40. The molecule has 43 heavy (non-hydrogen) atoms. The Hall–Kier alpha value is -5.30. The number of benzene rings is 3. The predicted molar refractivity (Wildman–Crippen MR) is 157 cm³/mol. The van der Waals surface area contributed by atoms with Gasteiger partial charge in [0.2, 0.25) is 5.91 Å². The number of nitrogens with zero attached hydrogens (tertiary/aromatic N) is 4. The van der Waals surface area contributed by atoms with Crippen LogP contribution in [0.25, 0.3) is 11.0 Å². The molecule has 0 bridgehead atoms. The van der Waals surface area contributed by atoms with Crippen LogP contribution in [-0.2, 0) is 27.5 Å². The van der Waals surface area contributed by atoms with E-state index in [2.05, 4.69) is 20.9 Å². The van der Waals surface area contributed by atoms with Gasteiger partial charge in [0.05, 0.1) is 22.5 Å². The number of rotatable bonds is 9. The van der Waals surface area contributed by atoms with Gasteiger partial charge in [0, 0.05) is 24.4 Å². The van der Waals surface area contributed by atoms with Gasteiger partial charge < -0.3 is 24.8 Å². The highest BCUT2D eigenvalue weighted by molar-refractivity contribution is 6.27. The van der Waals surface area contributed by atoms with Crippen LogP contribution in [0.4, 0.5) is 11.4 Å². The number of piperidine rings is 1. The SMILES string of the molecule is O=C(CN1CCC(Cn2c(COc3ccccc3)nc3ccccc32)CC1)Nc1ccc([N+](=O)[O-])cc1.O=C(O)C(=O)O. The molecular weight excluding hydrogens is 558 g/mol. The number of carboxylic acid groups (broad SMARTS) is 2. The van der Waals surface area contributed by atoms with Gasteiger partial charge in [0.1, 0.15) is 18.2 Å². The number of imidazole rings is 1. The Morgan fingerprint density at radius 1 is 0.930 bits per heavy atom. The van der Waals surface area contributed by atoms with Gasteiger partial charge in [-0.3, -0.25) is 19.8 Å². The van der Waals surface area contributed by atoms with Gasteiger partial charge >= 0.3 is 11.9 Å². The Morgan fingerprint density at radius 2 is 1.56 bits per heavy atom. The number of hydrogen-bond donors (Lipinski definition) is 3. The molecule has 3 aromatic carbocycles. The summed E-state index contributed by atoms with van der Waals surface area (Å²) in [4.78, 5) is 48.0. The molecular formula is C30H31N5O8. The molecule has 5 rings (SSSR count). The number of carboxylic acids is 2. The summed E-state index contributed by atoms with van der Waals surface area (Å²) in [5.41, 5.74) is 2.64. The monoisotopic (exact) mass is 589 g/mol. The maximum Gasteiger partial charge on any atom is 0.414 e. The molecule has 1 aliphatic rings. The summed E-state index contributed by atoms with van der Waals surface area (Å²) in [6.07, 6.45) is 1.96. The molecule has 4 aromatic rings. The van der Waals surface area contributed by atoms with Gasteiger partial charge in [-0.05, 0) is 68.2 Å². The van der Waals surface area contributed by atoms with E-state index < -0.39 is 16.9 Å². The van der Waals surface area contributed by atoms with Crippen molar-refractivity contribution in [1.29, 1.82) is 0 Å². The standard InChI is InChI=1S/C28H29N5O4.C2H2O4/c34-28(29-22-10-12-23(13-11-22)33(35)36)19-31-16-14-21(15-17-31)18-32-26-9-5-4-8-25(26)30-27(32)20-37-24-6-2-1-3-7-24;3-1(4)2(5)6/h1-13,21H,14-20H2,(H,29,34);(H,3,4)(H,5,6). The number of nitro groups is 1. The fourth-order valence-corrected chi connectivity index (χ4v) is 4.76. The number of aromatic nitrogens is 2. The first kappa shape index (κ1) is 30.7. The van der Waals surface area contributed by atoms with E-state index in [4.69, 9.17) is 29.5 Å². The fraction of sp³-hybridized carbons (Fsp3) is 0.267. The Labute approximate surface area is 246 Å². The number of amides is 1. The zero-order valence-electron chi connectivity index (χ0n) is 23.2. The molecule has 0 unspecified atom stereocenters. The van der Waals surface area contributed by atoms with E-state index >= 15 is 0 Å². The summed E-state index contributed by atoms with van der Waals surface area (Å²) in [6, 6.07) is 23.8. The molecule has 13 heteroatoms. The Kier molecular flexibility index (Phi) is 10.4. The maximum atomic E-state index is 12.5. The van der Waals surface area contributed by atoms with Crippen molar-refractivity contribution in [2.75, 3.05) is 25.0 Å². The third kappa shape index (κ3) is 8.84. The quantitative estimate of drug-likeness (QED) is 0.147. The summed E-state index contributed by atoms with van der Waals surface area (Å²) in [5, 5.41) is 28.4. The number of anilines is 1. The molecule has 3 N–H and O–H groups in total. The summed E-state index contributed by atoms with van der Waals surface area (Å²) < 4.78 is 8.29. The second-order valence-electron chi connectivity index (χ2n) is 9.91. The zero-order chi connectivity index (χ0) is 30.8. The second kappa shape index (κ2) is 14.5. The fourth-order valence-electron chi connectivity index (χ4n) is 4.76. The van der Waals surface area contributed by atoms with E-state index in [1.54, 1.807) is 12.1 Å². The number of carbonyl (C=O) groups is 3. The summed E-state index contributed by atoms with van der Waals surface area (Å²) in [5.74, 6) is -1.56. The van der Waals surface area contributed by atoms with Crippen molar-refractivity contribution < 1.29 is 34.3 Å². The van der Waals surface area contributed by atoms with E-state index in [1.807, 2.05) is 48.5 Å². The molecule has 1 aliphatic heterocycles. The number of ether oxygens (including phenoxy) is 1. The van der Waals surface area contributed by atoms with Gasteiger partial charge in [-0.25, -0.2) is 14.6 Å². The molecule has 224 valence electrons. The van der Waals surface area contributed by atoms with Crippen molar-refractivity contribution in [2.24, 2.45) is 5.92 Å². The molecule has 2 heterocycles. The van der Waals surface area contributed by atoms with Crippen LogP contribution >= 0.6 is 0 Å². The molecule has 1 fully saturated rings. The third-order valence-corrected chi connectivity index (χ3v) is 6.90. The average Bonchev–Trinajstić information content (AvgIpc) is 3.35. The van der Waals surface area contributed by atoms with Crippen molar-refractivity contribution >= 4 is 40.3 Å². The second-order valence-corrected chi connectivity index (χ2v) is 9.91. The van der Waals surface area contributed by atoms with Crippen LogP contribution in [0.1, 0.15) is 18.7 Å². The van der Waals surface area contributed by atoms with Crippen LogP contribution in [0.15, 0.2) is 78.9 Å². The average molecular weight is 590 g/mol. The van der Waals surface area contributed by atoms with E-state index in [1.165, 1.54) is 12.1 Å². The first-order valence-corrected chi connectivity index (χ1v) is 13.5. The molecule has 1 aromatic heterocycles. The number of hydrogen-bond acceptors (Lipinski definition) is 8. The highest BCUT2D eigenvalue weighted by atomic mass is 16.6. The first-order valence-electron chi connectivity index (χ1n) is 13.5. The molecule has 0 aliphatic carbocycles. The number of nitro benzene ring substituents is 1. The van der Waals surface area contributed by atoms with Crippen LogP contribution in [0.2, 0.25) is 0 Å². The highest BCUT2D eigenvalue weighted by Gasteiger charge is 2.23. The number of fused-ring (bicyclic) bond motifs is 1. The third-order valence-electron chi connectivity index (χ3n) is 6.90. The Bertz CT molecular complexity index is 1550. The van der Waals surface area contributed by atoms with Crippen LogP contribution in [0.5, 0.6) is 5.75 Å². The Morgan fingerprint density at radius 3 is 2.19 bits per heavy atom. The van der Waals surface area contributed by atoms with E-state index in [0.717, 1.165) is 55.1 Å². The molecule has 0 atom stereocenters. The van der Waals surface area contributed by atoms with Gasteiger partial charge in [0.25, 0.3) is 5.69 Å². The van der Waals surface area contributed by atoms with E-state index in [0.29, 0.717) is 24.8 Å². The smallest absolute Gasteiger partial charge is 0.414 e. The van der Waals surface area contributed by atoms with Gasteiger partial charge in [-0.15, -0.1) is 0 Å². The van der Waals surface area contributed by atoms with Crippen LogP contribution in [0.3, 0.4) is 0 Å². The minimum atomic E-state index is -1.82. The number of carbonyl (C=O) groups excluding carboxylic acids is 1. The lowest BCUT2D eigenvalue weighted by Gasteiger charge is -2.32. The number of para-hydroxylation sites is 3. The minimum Gasteiger partial charge on any atom is -0.486 e. The number of nitrogens with one attached hydrogen (secondary N) is 1. The minimum absolute atomic E-state index is 0.000489. The predicted octanol–water partition coefficient (Wildman–Crippen LogP) is 4.03. The number of aliphatic carboxylic acids is 2. The largest absolute Gasteiger partial charge is 0.486 e. The maximum absolute atomic E-state index is 12.5. The molecule has 1 amide bonds. The van der Waals surface area contributed by atoms with Crippen molar-refractivity contribution in [2.45, 2.75) is 26.0 Å². The van der Waals surface area contributed by atoms with E-state index in [9.17, 15) is 14.9 Å². The molecule has 1 saturated heterocycles. The highest BCUT2D eigenvalue weighted by Crippen LogP contribution is 2.25. The molecule has 0 spiro atoms. The van der Waals surface area contributed by atoms with Crippen molar-refractivity contribution in [3.8, 4) is 5.75 Å². The zero-order valence-corrected chi connectivity index (χ0v) is 23.2. The number of non-ortho nitro benzene ring substituents is 1. The lowest BCUT2D eigenvalue weighted by atomic mass is 9.96.